The minimum Gasteiger partial charge on any atom is -0.486 e. The summed E-state index contributed by atoms with van der Waals surface area (Å²) < 4.78 is 39.2. The fraction of sp³-hybridized carbons (Fsp3) is 0.400. The minimum atomic E-state index is -3.75. The van der Waals surface area contributed by atoms with Gasteiger partial charge in [-0.1, -0.05) is 17.7 Å². The summed E-state index contributed by atoms with van der Waals surface area (Å²) >= 11 is 6.10. The van der Waals surface area contributed by atoms with Crippen LogP contribution in [-0.2, 0) is 23.6 Å². The SMILES string of the molecule is Cc1nn(C)c(Cl)c1S(=O)(=O)N(C)Cc1ccc2c(c1)OCCO2. The fourth-order valence-electron chi connectivity index (χ4n) is 2.59. The molecule has 0 amide bonds. The van der Waals surface area contributed by atoms with Crippen molar-refractivity contribution in [2.75, 3.05) is 20.3 Å². The van der Waals surface area contributed by atoms with Crippen molar-refractivity contribution in [3.05, 3.63) is 34.6 Å². The molecule has 0 unspecified atom stereocenters. The zero-order chi connectivity index (χ0) is 17.5. The highest BCUT2D eigenvalue weighted by Gasteiger charge is 2.29. The van der Waals surface area contributed by atoms with Crippen molar-refractivity contribution in [1.82, 2.24) is 14.1 Å². The van der Waals surface area contributed by atoms with Gasteiger partial charge in [0.2, 0.25) is 10.0 Å². The molecule has 0 fully saturated rings. The summed E-state index contributed by atoms with van der Waals surface area (Å²) in [5, 5.41) is 4.16. The van der Waals surface area contributed by atoms with Crippen LogP contribution in [0.15, 0.2) is 23.1 Å². The molecule has 0 saturated carbocycles. The highest BCUT2D eigenvalue weighted by atomic mass is 35.5. The number of nitrogens with zero attached hydrogens (tertiary/aromatic N) is 3. The summed E-state index contributed by atoms with van der Waals surface area (Å²) in [7, 11) is -0.638. The van der Waals surface area contributed by atoms with Gasteiger partial charge in [0.05, 0.1) is 5.69 Å². The van der Waals surface area contributed by atoms with E-state index in [-0.39, 0.29) is 16.6 Å². The smallest absolute Gasteiger partial charge is 0.248 e. The average molecular weight is 372 g/mol. The number of ether oxygens (including phenoxy) is 2. The van der Waals surface area contributed by atoms with E-state index in [1.54, 1.807) is 26.1 Å². The predicted octanol–water partition coefficient (Wildman–Crippen LogP) is 1.97. The Morgan fingerprint density at radius 3 is 2.58 bits per heavy atom. The van der Waals surface area contributed by atoms with Crippen LogP contribution < -0.4 is 9.47 Å². The number of aryl methyl sites for hydroxylation is 2. The van der Waals surface area contributed by atoms with Crippen molar-refractivity contribution >= 4 is 21.6 Å². The molecule has 0 bridgehead atoms. The van der Waals surface area contributed by atoms with Crippen molar-refractivity contribution in [2.45, 2.75) is 18.4 Å². The maximum Gasteiger partial charge on any atom is 0.248 e. The predicted molar refractivity (Wildman–Crippen MR) is 89.0 cm³/mol. The summed E-state index contributed by atoms with van der Waals surface area (Å²) in [4.78, 5) is 0.0340. The van der Waals surface area contributed by atoms with Gasteiger partial charge in [0.25, 0.3) is 0 Å². The van der Waals surface area contributed by atoms with E-state index in [9.17, 15) is 8.42 Å². The molecule has 1 aromatic carbocycles. The van der Waals surface area contributed by atoms with E-state index in [4.69, 9.17) is 21.1 Å². The van der Waals surface area contributed by atoms with E-state index in [1.807, 2.05) is 6.07 Å². The molecule has 0 spiro atoms. The Balaban J connectivity index is 1.87. The molecule has 0 N–H and O–H groups in total. The largest absolute Gasteiger partial charge is 0.486 e. The summed E-state index contributed by atoms with van der Waals surface area (Å²) in [5.74, 6) is 1.29. The number of aromatic nitrogens is 2. The summed E-state index contributed by atoms with van der Waals surface area (Å²) in [6, 6.07) is 5.39. The minimum absolute atomic E-state index is 0.0340. The monoisotopic (exact) mass is 371 g/mol. The lowest BCUT2D eigenvalue weighted by atomic mass is 10.2. The Morgan fingerprint density at radius 1 is 1.29 bits per heavy atom. The Labute approximate surface area is 145 Å². The van der Waals surface area contributed by atoms with Gasteiger partial charge in [-0.05, 0) is 24.6 Å². The first kappa shape index (κ1) is 17.1. The highest BCUT2D eigenvalue weighted by Crippen LogP contribution is 2.32. The van der Waals surface area contributed by atoms with E-state index in [1.165, 1.54) is 16.0 Å². The molecular weight excluding hydrogens is 354 g/mol. The number of benzene rings is 1. The molecule has 130 valence electrons. The molecule has 9 heteroatoms. The van der Waals surface area contributed by atoms with Gasteiger partial charge in [0, 0.05) is 20.6 Å². The second-order valence-electron chi connectivity index (χ2n) is 5.57. The molecule has 0 radical (unpaired) electrons. The Bertz CT molecular complexity index is 879. The van der Waals surface area contributed by atoms with E-state index >= 15 is 0 Å². The molecule has 24 heavy (non-hydrogen) atoms. The van der Waals surface area contributed by atoms with E-state index in [0.29, 0.717) is 30.4 Å². The lowest BCUT2D eigenvalue weighted by Crippen LogP contribution is -2.27. The van der Waals surface area contributed by atoms with Gasteiger partial charge in [0.1, 0.15) is 23.3 Å². The third-order valence-electron chi connectivity index (χ3n) is 3.78. The van der Waals surface area contributed by atoms with Gasteiger partial charge >= 0.3 is 0 Å². The molecule has 1 aromatic heterocycles. The van der Waals surface area contributed by atoms with Crippen molar-refractivity contribution < 1.29 is 17.9 Å². The van der Waals surface area contributed by atoms with E-state index in [2.05, 4.69) is 5.10 Å². The second-order valence-corrected chi connectivity index (χ2v) is 7.91. The standard InChI is InChI=1S/C15H18ClN3O4S/c1-10-14(15(16)19(3)17-10)24(20,21)18(2)9-11-4-5-12-13(8-11)23-7-6-22-12/h4-5,8H,6-7,9H2,1-3H3. The molecule has 1 aliphatic rings. The van der Waals surface area contributed by atoms with Crippen LogP contribution >= 0.6 is 11.6 Å². The Morgan fingerprint density at radius 2 is 1.96 bits per heavy atom. The van der Waals surface area contributed by atoms with Crippen molar-refractivity contribution in [3.63, 3.8) is 0 Å². The highest BCUT2D eigenvalue weighted by molar-refractivity contribution is 7.89. The summed E-state index contributed by atoms with van der Waals surface area (Å²) in [6.07, 6.45) is 0. The van der Waals surface area contributed by atoms with Crippen LogP contribution in [0.25, 0.3) is 0 Å². The van der Waals surface area contributed by atoms with Crippen LogP contribution in [0.5, 0.6) is 11.5 Å². The van der Waals surface area contributed by atoms with Crippen LogP contribution in [-0.4, -0.2) is 42.8 Å². The van der Waals surface area contributed by atoms with Gasteiger partial charge in [0.15, 0.2) is 11.5 Å². The topological polar surface area (TPSA) is 73.7 Å². The first-order valence-electron chi connectivity index (χ1n) is 7.34. The number of hydrogen-bond acceptors (Lipinski definition) is 5. The third kappa shape index (κ3) is 2.97. The zero-order valence-corrected chi connectivity index (χ0v) is 15.2. The first-order valence-corrected chi connectivity index (χ1v) is 9.16. The number of rotatable bonds is 4. The molecular formula is C15H18ClN3O4S. The quantitative estimate of drug-likeness (QED) is 0.821. The third-order valence-corrected chi connectivity index (χ3v) is 6.28. The number of sulfonamides is 1. The maximum absolute atomic E-state index is 12.8. The van der Waals surface area contributed by atoms with Crippen LogP contribution in [0.2, 0.25) is 5.15 Å². The molecule has 3 rings (SSSR count). The normalized spacial score (nSPS) is 14.2. The number of fused-ring (bicyclic) bond motifs is 1. The molecule has 1 aliphatic heterocycles. The lowest BCUT2D eigenvalue weighted by Gasteiger charge is -2.21. The van der Waals surface area contributed by atoms with Crippen LogP contribution in [0.4, 0.5) is 0 Å². The van der Waals surface area contributed by atoms with Crippen LogP contribution in [0, 0.1) is 6.92 Å². The Hall–Kier alpha value is -1.77. The number of halogens is 1. The second kappa shape index (κ2) is 6.27. The first-order chi connectivity index (χ1) is 11.3. The van der Waals surface area contributed by atoms with Crippen molar-refractivity contribution in [1.29, 1.82) is 0 Å². The summed E-state index contributed by atoms with van der Waals surface area (Å²) in [6.45, 7) is 2.80. The molecule has 0 aliphatic carbocycles. The van der Waals surface area contributed by atoms with Gasteiger partial charge in [-0.25, -0.2) is 8.42 Å². The average Bonchev–Trinajstić information content (AvgIpc) is 2.80. The number of hydrogen-bond donors (Lipinski definition) is 0. The van der Waals surface area contributed by atoms with E-state index in [0.717, 1.165) is 5.56 Å². The van der Waals surface area contributed by atoms with Gasteiger partial charge in [-0.3, -0.25) is 4.68 Å². The van der Waals surface area contributed by atoms with Gasteiger partial charge in [-0.15, -0.1) is 0 Å². The molecule has 0 saturated heterocycles. The van der Waals surface area contributed by atoms with E-state index < -0.39 is 10.0 Å². The Kier molecular flexibility index (Phi) is 4.46. The maximum atomic E-state index is 12.8. The van der Waals surface area contributed by atoms with Crippen molar-refractivity contribution in [2.24, 2.45) is 7.05 Å². The summed E-state index contributed by atoms with van der Waals surface area (Å²) in [5.41, 5.74) is 1.17. The van der Waals surface area contributed by atoms with Gasteiger partial charge in [-0.2, -0.15) is 9.40 Å². The fourth-order valence-corrected chi connectivity index (χ4v) is 4.44. The van der Waals surface area contributed by atoms with Crippen LogP contribution in [0.3, 0.4) is 0 Å². The molecule has 0 atom stereocenters. The molecule has 2 heterocycles. The van der Waals surface area contributed by atoms with Gasteiger partial charge < -0.3 is 9.47 Å². The lowest BCUT2D eigenvalue weighted by molar-refractivity contribution is 0.171. The zero-order valence-electron chi connectivity index (χ0n) is 13.6. The van der Waals surface area contributed by atoms with Crippen LogP contribution in [0.1, 0.15) is 11.3 Å². The molecule has 2 aromatic rings. The van der Waals surface area contributed by atoms with Crippen molar-refractivity contribution in [3.8, 4) is 11.5 Å². The molecule has 7 nitrogen and oxygen atoms in total.